The molecule has 74 valence electrons. The van der Waals surface area contributed by atoms with E-state index in [0.29, 0.717) is 0 Å². The summed E-state index contributed by atoms with van der Waals surface area (Å²) in [7, 11) is 0. The summed E-state index contributed by atoms with van der Waals surface area (Å²) in [6.45, 7) is 4.11. The van der Waals surface area contributed by atoms with Crippen molar-refractivity contribution in [2.45, 2.75) is 46.0 Å². The molecule has 0 radical (unpaired) electrons. The molecule has 0 aromatic carbocycles. The van der Waals surface area contributed by atoms with E-state index in [2.05, 4.69) is 17.5 Å². The van der Waals surface area contributed by atoms with E-state index in [1.54, 1.807) is 0 Å². The topological polar surface area (TPSA) is 41.5 Å². The van der Waals surface area contributed by atoms with Gasteiger partial charge in [-0.15, -0.1) is 0 Å². The van der Waals surface area contributed by atoms with Crippen molar-refractivity contribution in [3.05, 3.63) is 0 Å². The molecule has 0 aromatic rings. The van der Waals surface area contributed by atoms with Crippen LogP contribution in [-0.4, -0.2) is 11.6 Å². The molecule has 0 aromatic heterocycles. The van der Waals surface area contributed by atoms with Crippen molar-refractivity contribution in [1.82, 2.24) is 5.43 Å². The van der Waals surface area contributed by atoms with E-state index in [1.807, 2.05) is 6.92 Å². The fraction of sp³-hybridized carbons (Fsp3) is 0.800. The molecule has 13 heavy (non-hydrogen) atoms. The minimum absolute atomic E-state index is 0.0934. The van der Waals surface area contributed by atoms with E-state index in [4.69, 9.17) is 0 Å². The van der Waals surface area contributed by atoms with Crippen molar-refractivity contribution in [1.29, 1.82) is 0 Å². The zero-order valence-corrected chi connectivity index (χ0v) is 8.47. The first-order valence-corrected chi connectivity index (χ1v) is 5.07. The molecule has 0 atom stereocenters. The Morgan fingerprint density at radius 3 is 2.77 bits per heavy atom. The highest BCUT2D eigenvalue weighted by molar-refractivity contribution is 5.85. The maximum Gasteiger partial charge on any atom is 0.243 e. The van der Waals surface area contributed by atoms with Gasteiger partial charge in [-0.25, -0.2) is 5.43 Å². The van der Waals surface area contributed by atoms with Gasteiger partial charge in [0, 0.05) is 11.6 Å². The predicted molar refractivity (Wildman–Crippen MR) is 53.5 cm³/mol. The molecule has 1 rings (SSSR count). The van der Waals surface area contributed by atoms with Crippen molar-refractivity contribution in [2.24, 2.45) is 11.0 Å². The Labute approximate surface area is 79.6 Å². The van der Waals surface area contributed by atoms with Gasteiger partial charge in [0.05, 0.1) is 0 Å². The standard InChI is InChI=1S/C10H18N2O/c1-3-4-5-8(2)11-12-10(13)9-6-7-9/h9H,3-7H2,1-2H3,(H,12,13). The lowest BCUT2D eigenvalue weighted by Crippen LogP contribution is -2.20. The first kappa shape index (κ1) is 10.2. The third-order valence-corrected chi connectivity index (χ3v) is 2.20. The Morgan fingerprint density at radius 1 is 1.54 bits per heavy atom. The first-order valence-electron chi connectivity index (χ1n) is 5.07. The predicted octanol–water partition coefficient (Wildman–Crippen LogP) is 2.08. The Kier molecular flexibility index (Phi) is 3.93. The van der Waals surface area contributed by atoms with E-state index in [1.165, 1.54) is 6.42 Å². The van der Waals surface area contributed by atoms with Crippen LogP contribution in [0, 0.1) is 5.92 Å². The molecule has 0 unspecified atom stereocenters. The lowest BCUT2D eigenvalue weighted by Gasteiger charge is -2.00. The van der Waals surface area contributed by atoms with Gasteiger partial charge in [0.1, 0.15) is 0 Å². The third-order valence-electron chi connectivity index (χ3n) is 2.20. The molecule has 1 N–H and O–H groups in total. The summed E-state index contributed by atoms with van der Waals surface area (Å²) < 4.78 is 0. The third kappa shape index (κ3) is 4.06. The maximum atomic E-state index is 11.2. The number of amides is 1. The highest BCUT2D eigenvalue weighted by atomic mass is 16.2. The smallest absolute Gasteiger partial charge is 0.243 e. The molecule has 0 bridgehead atoms. The number of hydrogen-bond donors (Lipinski definition) is 1. The van der Waals surface area contributed by atoms with Gasteiger partial charge in [0.2, 0.25) is 5.91 Å². The fourth-order valence-electron chi connectivity index (χ4n) is 1.08. The SMILES string of the molecule is CCCCC(C)=NNC(=O)C1CC1. The maximum absolute atomic E-state index is 11.2. The number of carbonyl (C=O) groups excluding carboxylic acids is 1. The summed E-state index contributed by atoms with van der Waals surface area (Å²) in [6, 6.07) is 0. The van der Waals surface area contributed by atoms with Gasteiger partial charge in [-0.3, -0.25) is 4.79 Å². The summed E-state index contributed by atoms with van der Waals surface area (Å²) in [5.74, 6) is 0.346. The number of hydrazone groups is 1. The highest BCUT2D eigenvalue weighted by Crippen LogP contribution is 2.28. The van der Waals surface area contributed by atoms with Gasteiger partial charge >= 0.3 is 0 Å². The molecule has 1 aliphatic carbocycles. The van der Waals surface area contributed by atoms with Crippen LogP contribution in [0.15, 0.2) is 5.10 Å². The number of nitrogens with one attached hydrogen (secondary N) is 1. The molecule has 3 nitrogen and oxygen atoms in total. The number of rotatable bonds is 5. The summed E-state index contributed by atoms with van der Waals surface area (Å²) in [6.07, 6.45) is 5.38. The number of unbranched alkanes of at least 4 members (excludes halogenated alkanes) is 1. The minimum atomic E-state index is 0.0934. The monoisotopic (exact) mass is 182 g/mol. The Balaban J connectivity index is 2.16. The molecule has 1 amide bonds. The van der Waals surface area contributed by atoms with E-state index in [9.17, 15) is 4.79 Å². The second-order valence-electron chi connectivity index (χ2n) is 3.70. The Morgan fingerprint density at radius 2 is 2.23 bits per heavy atom. The van der Waals surface area contributed by atoms with Crippen LogP contribution in [0.25, 0.3) is 0 Å². The van der Waals surface area contributed by atoms with Crippen LogP contribution in [0.4, 0.5) is 0 Å². The average Bonchev–Trinajstić information content (AvgIpc) is 2.93. The number of hydrogen-bond acceptors (Lipinski definition) is 2. The lowest BCUT2D eigenvalue weighted by molar-refractivity contribution is -0.122. The summed E-state index contributed by atoms with van der Waals surface area (Å²) in [5, 5.41) is 4.04. The molecule has 1 saturated carbocycles. The van der Waals surface area contributed by atoms with Gasteiger partial charge in [-0.05, 0) is 32.6 Å². The normalized spacial score (nSPS) is 17.2. The zero-order chi connectivity index (χ0) is 9.68. The van der Waals surface area contributed by atoms with E-state index in [0.717, 1.165) is 31.4 Å². The zero-order valence-electron chi connectivity index (χ0n) is 8.47. The molecule has 0 heterocycles. The highest BCUT2D eigenvalue weighted by Gasteiger charge is 2.29. The largest absolute Gasteiger partial charge is 0.273 e. The molecule has 1 fully saturated rings. The molecular formula is C10H18N2O. The van der Waals surface area contributed by atoms with Crippen LogP contribution in [-0.2, 0) is 4.79 Å². The number of nitrogens with zero attached hydrogens (tertiary/aromatic N) is 1. The number of carbonyl (C=O) groups is 1. The van der Waals surface area contributed by atoms with Crippen LogP contribution in [0.5, 0.6) is 0 Å². The lowest BCUT2D eigenvalue weighted by atomic mass is 10.2. The van der Waals surface area contributed by atoms with Crippen molar-refractivity contribution < 1.29 is 4.79 Å². The first-order chi connectivity index (χ1) is 6.24. The van der Waals surface area contributed by atoms with Gasteiger partial charge in [-0.1, -0.05) is 13.3 Å². The van der Waals surface area contributed by atoms with Crippen molar-refractivity contribution in [3.8, 4) is 0 Å². The molecule has 3 heteroatoms. The fourth-order valence-corrected chi connectivity index (χ4v) is 1.08. The van der Waals surface area contributed by atoms with Crippen molar-refractivity contribution in [3.63, 3.8) is 0 Å². The summed E-state index contributed by atoms with van der Waals surface area (Å²) in [5.41, 5.74) is 3.63. The molecule has 0 saturated heterocycles. The van der Waals surface area contributed by atoms with Gasteiger partial charge in [-0.2, -0.15) is 5.10 Å². The quantitative estimate of drug-likeness (QED) is 0.513. The van der Waals surface area contributed by atoms with Crippen LogP contribution in [0.1, 0.15) is 46.0 Å². The summed E-state index contributed by atoms with van der Waals surface area (Å²) >= 11 is 0. The van der Waals surface area contributed by atoms with Crippen LogP contribution < -0.4 is 5.43 Å². The van der Waals surface area contributed by atoms with Crippen LogP contribution in [0.3, 0.4) is 0 Å². The molecule has 1 aliphatic rings. The molecule has 0 aliphatic heterocycles. The van der Waals surface area contributed by atoms with E-state index < -0.39 is 0 Å². The van der Waals surface area contributed by atoms with E-state index in [-0.39, 0.29) is 11.8 Å². The second kappa shape index (κ2) is 5.00. The summed E-state index contributed by atoms with van der Waals surface area (Å²) in [4.78, 5) is 11.2. The van der Waals surface area contributed by atoms with Gasteiger partial charge in [0.15, 0.2) is 0 Å². The average molecular weight is 182 g/mol. The molecule has 0 spiro atoms. The van der Waals surface area contributed by atoms with Crippen molar-refractivity contribution in [2.75, 3.05) is 0 Å². The molecular weight excluding hydrogens is 164 g/mol. The van der Waals surface area contributed by atoms with Gasteiger partial charge in [0.25, 0.3) is 0 Å². The Hall–Kier alpha value is -0.860. The van der Waals surface area contributed by atoms with Gasteiger partial charge < -0.3 is 0 Å². The van der Waals surface area contributed by atoms with Crippen molar-refractivity contribution >= 4 is 11.6 Å². The van der Waals surface area contributed by atoms with Crippen LogP contribution in [0.2, 0.25) is 0 Å². The minimum Gasteiger partial charge on any atom is -0.273 e. The second-order valence-corrected chi connectivity index (χ2v) is 3.70. The van der Waals surface area contributed by atoms with E-state index >= 15 is 0 Å². The van der Waals surface area contributed by atoms with Crippen LogP contribution >= 0.6 is 0 Å². The Bertz CT molecular complexity index is 207.